The van der Waals surface area contributed by atoms with Gasteiger partial charge in [-0.25, -0.2) is 4.85 Å². The molecular weight excluding hydrogens is 433 g/mol. The van der Waals surface area contributed by atoms with E-state index in [1.807, 2.05) is 0 Å². The van der Waals surface area contributed by atoms with Gasteiger partial charge in [-0.2, -0.15) is 18.3 Å². The van der Waals surface area contributed by atoms with Crippen molar-refractivity contribution in [2.45, 2.75) is 31.6 Å². The Balaban J connectivity index is 1.42. The van der Waals surface area contributed by atoms with Crippen molar-refractivity contribution >= 4 is 17.3 Å². The standard InChI is InChI=1S/C23H23F3N6O/c1-22(2,21(33)30-17-6-7-20(27-3)19(8-17)23(24,25)26)32-14-15(9-29-32)4-5-16-12-31(13-16)18-10-28-11-18/h6-9,14,16,18,28H,10-13H2,1-2H3,(H,30,33). The van der Waals surface area contributed by atoms with Gasteiger partial charge in [0, 0.05) is 50.0 Å². The van der Waals surface area contributed by atoms with Crippen LogP contribution in [0.2, 0.25) is 0 Å². The molecule has 1 amide bonds. The van der Waals surface area contributed by atoms with E-state index in [4.69, 9.17) is 6.57 Å². The number of rotatable bonds is 4. The fraction of sp³-hybridized carbons (Fsp3) is 0.435. The number of carbonyl (C=O) groups excluding carboxylic acids is 1. The summed E-state index contributed by atoms with van der Waals surface area (Å²) >= 11 is 0. The number of hydrogen-bond donors (Lipinski definition) is 2. The maximum Gasteiger partial charge on any atom is 0.407 e. The number of aromatic nitrogens is 2. The van der Waals surface area contributed by atoms with E-state index in [2.05, 4.69) is 37.3 Å². The Hall–Kier alpha value is -3.34. The molecular formula is C23H23F3N6O. The van der Waals surface area contributed by atoms with Gasteiger partial charge < -0.3 is 10.6 Å². The van der Waals surface area contributed by atoms with Gasteiger partial charge in [-0.3, -0.25) is 14.4 Å². The fourth-order valence-electron chi connectivity index (χ4n) is 3.64. The van der Waals surface area contributed by atoms with E-state index in [1.165, 1.54) is 10.7 Å². The van der Waals surface area contributed by atoms with Crippen molar-refractivity contribution in [3.63, 3.8) is 0 Å². The highest BCUT2D eigenvalue weighted by molar-refractivity contribution is 5.96. The summed E-state index contributed by atoms with van der Waals surface area (Å²) < 4.78 is 41.1. The number of anilines is 1. The van der Waals surface area contributed by atoms with Crippen molar-refractivity contribution in [2.24, 2.45) is 5.92 Å². The Kier molecular flexibility index (Phi) is 5.91. The van der Waals surface area contributed by atoms with Crippen LogP contribution in [0, 0.1) is 24.3 Å². The highest BCUT2D eigenvalue weighted by Crippen LogP contribution is 2.38. The molecule has 0 saturated carbocycles. The summed E-state index contributed by atoms with van der Waals surface area (Å²) in [7, 11) is 0. The molecule has 1 aromatic carbocycles. The molecule has 2 saturated heterocycles. The first kappa shape index (κ1) is 22.8. The molecule has 0 radical (unpaired) electrons. The predicted octanol–water partition coefficient (Wildman–Crippen LogP) is 3.08. The molecule has 4 rings (SSSR count). The Morgan fingerprint density at radius 2 is 2.03 bits per heavy atom. The van der Waals surface area contributed by atoms with E-state index >= 15 is 0 Å². The van der Waals surface area contributed by atoms with Crippen LogP contribution in [0.15, 0.2) is 30.6 Å². The molecule has 0 aliphatic carbocycles. The minimum absolute atomic E-state index is 0.0452. The van der Waals surface area contributed by atoms with Crippen LogP contribution in [-0.4, -0.2) is 52.8 Å². The van der Waals surface area contributed by atoms with Crippen molar-refractivity contribution in [3.05, 3.63) is 53.1 Å². The van der Waals surface area contributed by atoms with E-state index < -0.39 is 28.9 Å². The highest BCUT2D eigenvalue weighted by atomic mass is 19.4. The summed E-state index contributed by atoms with van der Waals surface area (Å²) in [6.45, 7) is 14.1. The number of nitrogens with zero attached hydrogens (tertiary/aromatic N) is 4. The lowest BCUT2D eigenvalue weighted by Gasteiger charge is -2.46. The van der Waals surface area contributed by atoms with Gasteiger partial charge in [-0.1, -0.05) is 17.9 Å². The summed E-state index contributed by atoms with van der Waals surface area (Å²) in [4.78, 5) is 18.2. The van der Waals surface area contributed by atoms with Crippen molar-refractivity contribution < 1.29 is 18.0 Å². The number of nitrogens with one attached hydrogen (secondary N) is 2. The van der Waals surface area contributed by atoms with E-state index in [0.717, 1.165) is 38.3 Å². The molecule has 0 bridgehead atoms. The Morgan fingerprint density at radius 3 is 2.64 bits per heavy atom. The van der Waals surface area contributed by atoms with Gasteiger partial charge in [-0.15, -0.1) is 0 Å². The van der Waals surface area contributed by atoms with Gasteiger partial charge in [0.1, 0.15) is 5.54 Å². The quantitative estimate of drug-likeness (QED) is 0.548. The van der Waals surface area contributed by atoms with Gasteiger partial charge in [-0.05, 0) is 26.0 Å². The SMILES string of the molecule is [C-]#[N+]c1ccc(NC(=O)C(C)(C)n2cc(C#CC3CN(C4CNC4)C3)cn2)cc1C(F)(F)F. The topological polar surface area (TPSA) is 66.6 Å². The van der Waals surface area contributed by atoms with Crippen molar-refractivity contribution in [3.8, 4) is 11.8 Å². The predicted molar refractivity (Wildman–Crippen MR) is 116 cm³/mol. The maximum atomic E-state index is 13.2. The molecule has 7 nitrogen and oxygen atoms in total. The summed E-state index contributed by atoms with van der Waals surface area (Å²) in [6, 6.07) is 3.71. The summed E-state index contributed by atoms with van der Waals surface area (Å²) in [5.74, 6) is 6.10. The van der Waals surface area contributed by atoms with E-state index in [1.54, 1.807) is 26.2 Å². The Morgan fingerprint density at radius 1 is 1.30 bits per heavy atom. The third-order valence-corrected chi connectivity index (χ3v) is 6.00. The number of likely N-dealkylation sites (tertiary alicyclic amines) is 1. The minimum Gasteiger partial charge on any atom is -0.324 e. The molecule has 0 atom stereocenters. The molecule has 2 fully saturated rings. The third-order valence-electron chi connectivity index (χ3n) is 6.00. The van der Waals surface area contributed by atoms with E-state index in [-0.39, 0.29) is 5.69 Å². The second kappa shape index (κ2) is 8.54. The minimum atomic E-state index is -4.70. The van der Waals surface area contributed by atoms with Crippen LogP contribution in [0.1, 0.15) is 25.0 Å². The largest absolute Gasteiger partial charge is 0.407 e. The van der Waals surface area contributed by atoms with E-state index in [0.29, 0.717) is 17.5 Å². The smallest absolute Gasteiger partial charge is 0.324 e. The van der Waals surface area contributed by atoms with Crippen molar-refractivity contribution in [1.29, 1.82) is 0 Å². The Bertz CT molecular complexity index is 1160. The van der Waals surface area contributed by atoms with E-state index in [9.17, 15) is 18.0 Å². The zero-order valence-corrected chi connectivity index (χ0v) is 18.2. The molecule has 3 heterocycles. The second-order valence-corrected chi connectivity index (χ2v) is 8.76. The average Bonchev–Trinajstić information content (AvgIpc) is 3.17. The van der Waals surface area contributed by atoms with Crippen LogP contribution in [0.4, 0.5) is 24.5 Å². The van der Waals surface area contributed by atoms with Crippen LogP contribution >= 0.6 is 0 Å². The van der Waals surface area contributed by atoms with Crippen molar-refractivity contribution in [1.82, 2.24) is 20.0 Å². The zero-order valence-electron chi connectivity index (χ0n) is 18.2. The molecule has 2 N–H and O–H groups in total. The van der Waals surface area contributed by atoms with Gasteiger partial charge in [0.25, 0.3) is 5.91 Å². The third kappa shape index (κ3) is 4.72. The highest BCUT2D eigenvalue weighted by Gasteiger charge is 2.36. The molecule has 2 aliphatic heterocycles. The number of carbonyl (C=O) groups is 1. The van der Waals surface area contributed by atoms with Gasteiger partial charge >= 0.3 is 6.18 Å². The first-order valence-electron chi connectivity index (χ1n) is 10.5. The molecule has 0 unspecified atom stereocenters. The van der Waals surface area contributed by atoms with Crippen LogP contribution < -0.4 is 10.6 Å². The lowest BCUT2D eigenvalue weighted by Crippen LogP contribution is -2.63. The number of benzene rings is 1. The van der Waals surface area contributed by atoms with Gasteiger partial charge in [0.05, 0.1) is 23.9 Å². The monoisotopic (exact) mass is 456 g/mol. The number of amides is 1. The molecule has 2 aromatic rings. The number of hydrogen-bond acceptors (Lipinski definition) is 4. The normalized spacial score (nSPS) is 17.3. The fourth-order valence-corrected chi connectivity index (χ4v) is 3.64. The van der Waals surface area contributed by atoms with Gasteiger partial charge in [0.15, 0.2) is 5.69 Å². The van der Waals surface area contributed by atoms with Gasteiger partial charge in [0.2, 0.25) is 0 Å². The van der Waals surface area contributed by atoms with Crippen LogP contribution in [-0.2, 0) is 16.5 Å². The first-order valence-corrected chi connectivity index (χ1v) is 10.5. The van der Waals surface area contributed by atoms with Crippen LogP contribution in [0.3, 0.4) is 0 Å². The average molecular weight is 456 g/mol. The summed E-state index contributed by atoms with van der Waals surface area (Å²) in [6.07, 6.45) is -1.47. The molecule has 172 valence electrons. The van der Waals surface area contributed by atoms with Crippen molar-refractivity contribution in [2.75, 3.05) is 31.5 Å². The Labute approximate surface area is 189 Å². The second-order valence-electron chi connectivity index (χ2n) is 8.76. The zero-order chi connectivity index (χ0) is 23.8. The molecule has 0 spiro atoms. The first-order chi connectivity index (χ1) is 15.6. The lowest BCUT2D eigenvalue weighted by molar-refractivity contribution is -0.136. The molecule has 33 heavy (non-hydrogen) atoms. The van der Waals surface area contributed by atoms with Crippen LogP contribution in [0.25, 0.3) is 4.85 Å². The summed E-state index contributed by atoms with van der Waals surface area (Å²) in [5, 5.41) is 9.99. The lowest BCUT2D eigenvalue weighted by atomic mass is 9.96. The maximum absolute atomic E-state index is 13.2. The molecule has 10 heteroatoms. The number of halogens is 3. The molecule has 1 aromatic heterocycles. The molecule has 2 aliphatic rings. The van der Waals surface area contributed by atoms with Crippen LogP contribution in [0.5, 0.6) is 0 Å². The summed E-state index contributed by atoms with van der Waals surface area (Å²) in [5.41, 5.74) is -2.17. The number of alkyl halides is 3.